The Hall–Kier alpha value is -2.96. The topological polar surface area (TPSA) is 64.6 Å². The number of halogens is 2. The van der Waals surface area contributed by atoms with Crippen LogP contribution in [0.4, 0.5) is 14.5 Å². The number of benzene rings is 2. The molecule has 1 amide bonds. The molecule has 2 aromatic rings. The molecular weight excluding hydrogens is 332 g/mol. The van der Waals surface area contributed by atoms with Crippen LogP contribution in [0.1, 0.15) is 24.2 Å². The molecule has 0 fully saturated rings. The minimum absolute atomic E-state index is 0.313. The fourth-order valence-electron chi connectivity index (χ4n) is 2.04. The van der Waals surface area contributed by atoms with Crippen LogP contribution in [0, 0.1) is 11.6 Å². The molecule has 0 aliphatic rings. The molecule has 0 bridgehead atoms. The van der Waals surface area contributed by atoms with Crippen molar-refractivity contribution >= 4 is 17.6 Å². The summed E-state index contributed by atoms with van der Waals surface area (Å²) in [6.45, 7) is 3.58. The maximum Gasteiger partial charge on any atom is 0.339 e. The van der Waals surface area contributed by atoms with Crippen molar-refractivity contribution in [2.75, 3.05) is 11.9 Å². The van der Waals surface area contributed by atoms with Crippen LogP contribution in [0.25, 0.3) is 0 Å². The largest absolute Gasteiger partial charge is 0.492 e. The molecule has 0 radical (unpaired) electrons. The van der Waals surface area contributed by atoms with Crippen LogP contribution < -0.4 is 10.1 Å². The predicted molar refractivity (Wildman–Crippen MR) is 87.5 cm³/mol. The second kappa shape index (κ2) is 8.23. The third kappa shape index (κ3) is 5.00. The Morgan fingerprint density at radius 1 is 1.12 bits per heavy atom. The monoisotopic (exact) mass is 349 g/mol. The van der Waals surface area contributed by atoms with E-state index in [1.807, 2.05) is 0 Å². The van der Waals surface area contributed by atoms with Crippen LogP contribution in [-0.2, 0) is 9.53 Å². The smallest absolute Gasteiger partial charge is 0.339 e. The third-order valence-corrected chi connectivity index (χ3v) is 3.20. The standard InChI is InChI=1S/C18H17F2NO4/c1-3-24-16-7-5-4-6-15(16)21-17(22)11(2)25-18(23)12-8-13(19)10-14(20)9-12/h4-11H,3H2,1-2H3,(H,21,22)/t11-/m0/s1. The van der Waals surface area contributed by atoms with Crippen LogP contribution in [0.15, 0.2) is 42.5 Å². The molecule has 5 nitrogen and oxygen atoms in total. The van der Waals surface area contributed by atoms with Crippen molar-refractivity contribution in [2.24, 2.45) is 0 Å². The van der Waals surface area contributed by atoms with Gasteiger partial charge in [0, 0.05) is 6.07 Å². The van der Waals surface area contributed by atoms with Crippen molar-refractivity contribution in [2.45, 2.75) is 20.0 Å². The van der Waals surface area contributed by atoms with Gasteiger partial charge < -0.3 is 14.8 Å². The number of nitrogens with one attached hydrogen (secondary N) is 1. The van der Waals surface area contributed by atoms with E-state index >= 15 is 0 Å². The van der Waals surface area contributed by atoms with Crippen LogP contribution >= 0.6 is 0 Å². The van der Waals surface area contributed by atoms with Crippen LogP contribution in [0.5, 0.6) is 5.75 Å². The number of esters is 1. The molecule has 0 aliphatic carbocycles. The van der Waals surface area contributed by atoms with Gasteiger partial charge >= 0.3 is 5.97 Å². The average molecular weight is 349 g/mol. The molecule has 0 aliphatic heterocycles. The quantitative estimate of drug-likeness (QED) is 0.810. The number of carbonyl (C=O) groups is 2. The lowest BCUT2D eigenvalue weighted by Gasteiger charge is -2.15. The van der Waals surface area contributed by atoms with Crippen molar-refractivity contribution < 1.29 is 27.8 Å². The molecule has 0 aromatic heterocycles. The predicted octanol–water partition coefficient (Wildman–Crippen LogP) is 3.55. The Labute approximate surface area is 143 Å². The van der Waals surface area contributed by atoms with Crippen molar-refractivity contribution in [1.82, 2.24) is 0 Å². The van der Waals surface area contributed by atoms with Gasteiger partial charge in [-0.05, 0) is 38.1 Å². The Morgan fingerprint density at radius 3 is 2.40 bits per heavy atom. The van der Waals surface area contributed by atoms with Crippen molar-refractivity contribution in [1.29, 1.82) is 0 Å². The first-order valence-corrected chi connectivity index (χ1v) is 7.60. The molecule has 0 heterocycles. The van der Waals surface area contributed by atoms with Crippen molar-refractivity contribution in [3.05, 3.63) is 59.7 Å². The van der Waals surface area contributed by atoms with E-state index in [1.165, 1.54) is 6.92 Å². The van der Waals surface area contributed by atoms with Gasteiger partial charge in [0.15, 0.2) is 6.10 Å². The lowest BCUT2D eigenvalue weighted by molar-refractivity contribution is -0.123. The van der Waals surface area contributed by atoms with Crippen LogP contribution in [0.3, 0.4) is 0 Å². The van der Waals surface area contributed by atoms with E-state index in [1.54, 1.807) is 31.2 Å². The third-order valence-electron chi connectivity index (χ3n) is 3.20. The summed E-state index contributed by atoms with van der Waals surface area (Å²) in [5.74, 6) is -2.94. The zero-order valence-corrected chi connectivity index (χ0v) is 13.7. The molecule has 1 atom stereocenters. The first-order valence-electron chi connectivity index (χ1n) is 7.60. The summed E-state index contributed by atoms with van der Waals surface area (Å²) in [6.07, 6.45) is -1.17. The number of hydrogen-bond acceptors (Lipinski definition) is 4. The lowest BCUT2D eigenvalue weighted by atomic mass is 10.2. The van der Waals surface area contributed by atoms with Crippen molar-refractivity contribution in [3.8, 4) is 5.75 Å². The molecule has 1 N–H and O–H groups in total. The molecule has 0 saturated carbocycles. The lowest BCUT2D eigenvalue weighted by Crippen LogP contribution is -2.30. The molecular formula is C18H17F2NO4. The highest BCUT2D eigenvalue weighted by atomic mass is 19.1. The number of para-hydroxylation sites is 2. The van der Waals surface area contributed by atoms with E-state index < -0.39 is 29.6 Å². The Morgan fingerprint density at radius 2 is 1.76 bits per heavy atom. The van der Waals surface area contributed by atoms with E-state index in [2.05, 4.69) is 5.32 Å². The minimum atomic E-state index is -1.17. The fourth-order valence-corrected chi connectivity index (χ4v) is 2.04. The summed E-state index contributed by atoms with van der Waals surface area (Å²) >= 11 is 0. The molecule has 0 spiro atoms. The Balaban J connectivity index is 2.04. The number of ether oxygens (including phenoxy) is 2. The van der Waals surface area contributed by atoms with Crippen LogP contribution in [-0.4, -0.2) is 24.6 Å². The number of rotatable bonds is 6. The van der Waals surface area contributed by atoms with Gasteiger partial charge in [-0.15, -0.1) is 0 Å². The molecule has 25 heavy (non-hydrogen) atoms. The number of carbonyl (C=O) groups excluding carboxylic acids is 2. The maximum atomic E-state index is 13.1. The number of hydrogen-bond donors (Lipinski definition) is 1. The SMILES string of the molecule is CCOc1ccccc1NC(=O)[C@H](C)OC(=O)c1cc(F)cc(F)c1. The average Bonchev–Trinajstić information content (AvgIpc) is 2.55. The highest BCUT2D eigenvalue weighted by Gasteiger charge is 2.21. The van der Waals surface area contributed by atoms with Gasteiger partial charge in [0.05, 0.1) is 17.9 Å². The normalized spacial score (nSPS) is 11.5. The fraction of sp³-hybridized carbons (Fsp3) is 0.222. The molecule has 132 valence electrons. The summed E-state index contributed by atoms with van der Waals surface area (Å²) in [6, 6.07) is 9.09. The summed E-state index contributed by atoms with van der Waals surface area (Å²) in [7, 11) is 0. The van der Waals surface area contributed by atoms with E-state index in [-0.39, 0.29) is 5.56 Å². The maximum absolute atomic E-state index is 13.1. The first kappa shape index (κ1) is 18.4. The first-order chi connectivity index (χ1) is 11.9. The Bertz CT molecular complexity index is 759. The van der Waals surface area contributed by atoms with Gasteiger partial charge in [0.25, 0.3) is 5.91 Å². The van der Waals surface area contributed by atoms with E-state index in [9.17, 15) is 18.4 Å². The summed E-state index contributed by atoms with van der Waals surface area (Å²) in [4.78, 5) is 24.1. The summed E-state index contributed by atoms with van der Waals surface area (Å²) in [5.41, 5.74) is 0.112. The van der Waals surface area contributed by atoms with Gasteiger partial charge in [-0.3, -0.25) is 4.79 Å². The number of anilines is 1. The second-order valence-corrected chi connectivity index (χ2v) is 5.12. The number of amides is 1. The zero-order chi connectivity index (χ0) is 18.4. The highest BCUT2D eigenvalue weighted by molar-refractivity contribution is 5.98. The second-order valence-electron chi connectivity index (χ2n) is 5.12. The van der Waals surface area contributed by atoms with Gasteiger partial charge in [0.2, 0.25) is 0 Å². The van der Waals surface area contributed by atoms with Gasteiger partial charge in [-0.1, -0.05) is 12.1 Å². The molecule has 7 heteroatoms. The van der Waals surface area contributed by atoms with E-state index in [0.717, 1.165) is 12.1 Å². The summed E-state index contributed by atoms with van der Waals surface area (Å²) < 4.78 is 36.6. The molecule has 0 saturated heterocycles. The zero-order valence-electron chi connectivity index (χ0n) is 13.7. The van der Waals surface area contributed by atoms with Crippen molar-refractivity contribution in [3.63, 3.8) is 0 Å². The van der Waals surface area contributed by atoms with E-state index in [0.29, 0.717) is 24.1 Å². The van der Waals surface area contributed by atoms with Crippen LogP contribution in [0.2, 0.25) is 0 Å². The minimum Gasteiger partial charge on any atom is -0.492 e. The molecule has 0 unspecified atom stereocenters. The summed E-state index contributed by atoms with van der Waals surface area (Å²) in [5, 5.41) is 2.59. The molecule has 2 aromatic carbocycles. The van der Waals surface area contributed by atoms with Gasteiger partial charge in [0.1, 0.15) is 17.4 Å². The van der Waals surface area contributed by atoms with E-state index in [4.69, 9.17) is 9.47 Å². The van der Waals surface area contributed by atoms with Gasteiger partial charge in [-0.2, -0.15) is 0 Å². The van der Waals surface area contributed by atoms with Gasteiger partial charge in [-0.25, -0.2) is 13.6 Å². The highest BCUT2D eigenvalue weighted by Crippen LogP contribution is 2.24. The Kier molecular flexibility index (Phi) is 6.05. The molecule has 2 rings (SSSR count).